The van der Waals surface area contributed by atoms with Gasteiger partial charge < -0.3 is 59.1 Å². The fourth-order valence-electron chi connectivity index (χ4n) is 12.9. The molecule has 0 aromatic carbocycles. The summed E-state index contributed by atoms with van der Waals surface area (Å²) >= 11 is 0. The van der Waals surface area contributed by atoms with Gasteiger partial charge in [0.15, 0.2) is 18.4 Å². The molecule has 12 heteroatoms. The standard InChI is InChI=1S/C38H62O12/c1-18-7-12-38(46-16-18)19(2)28-26(50-38)14-24-22-6-5-20-13-21(8-10-36(20,3)23(22)9-11-37(24,28)4)47-35-32(44)30(42)33(27(15-39)48-35)49-34-31(43)29(41)25(40)17-45-34/h18-35,39-44H,5-17H2,1-4H3/t18-,19-,20?,21?,22?,23?,24?,25+,26-,27+,28-,29-,30+,31+,32+,33+,34-,35+,36-,37-,38+/m0/s1. The third-order valence-electron chi connectivity index (χ3n) is 15.8. The molecule has 8 fully saturated rings. The molecule has 0 radical (unpaired) electrons. The highest BCUT2D eigenvalue weighted by molar-refractivity contribution is 5.15. The van der Waals surface area contributed by atoms with Crippen molar-refractivity contribution >= 4 is 0 Å². The third kappa shape index (κ3) is 5.68. The van der Waals surface area contributed by atoms with E-state index in [2.05, 4.69) is 27.7 Å². The Morgan fingerprint density at radius 3 is 2.24 bits per heavy atom. The van der Waals surface area contributed by atoms with E-state index in [0.717, 1.165) is 45.1 Å². The zero-order valence-corrected chi connectivity index (χ0v) is 30.2. The van der Waals surface area contributed by atoms with Gasteiger partial charge >= 0.3 is 0 Å². The average Bonchev–Trinajstić information content (AvgIpc) is 3.55. The van der Waals surface area contributed by atoms with Gasteiger partial charge in [-0.25, -0.2) is 0 Å². The van der Waals surface area contributed by atoms with E-state index in [1.807, 2.05) is 0 Å². The maximum atomic E-state index is 11.1. The van der Waals surface area contributed by atoms with Crippen LogP contribution in [0.1, 0.15) is 91.9 Å². The van der Waals surface area contributed by atoms with Gasteiger partial charge in [0.05, 0.1) is 32.0 Å². The van der Waals surface area contributed by atoms with Crippen molar-refractivity contribution in [1.29, 1.82) is 0 Å². The van der Waals surface area contributed by atoms with E-state index in [0.29, 0.717) is 47.5 Å². The first kappa shape index (κ1) is 36.5. The van der Waals surface area contributed by atoms with Gasteiger partial charge in [-0.3, -0.25) is 0 Å². The Morgan fingerprint density at radius 2 is 1.50 bits per heavy atom. The first-order chi connectivity index (χ1) is 23.8. The van der Waals surface area contributed by atoms with Gasteiger partial charge in [0.25, 0.3) is 0 Å². The molecule has 0 amide bonds. The topological polar surface area (TPSA) is 177 Å². The molecule has 4 saturated carbocycles. The minimum Gasteiger partial charge on any atom is -0.394 e. The molecular weight excluding hydrogens is 648 g/mol. The number of aliphatic hydroxyl groups excluding tert-OH is 6. The van der Waals surface area contributed by atoms with Crippen LogP contribution < -0.4 is 0 Å². The number of rotatable bonds is 5. The Hall–Kier alpha value is -0.480. The van der Waals surface area contributed by atoms with Gasteiger partial charge in [0.2, 0.25) is 0 Å². The van der Waals surface area contributed by atoms with Crippen LogP contribution in [0.5, 0.6) is 0 Å². The molecule has 0 bridgehead atoms. The summed E-state index contributed by atoms with van der Waals surface area (Å²) in [6, 6.07) is 0. The van der Waals surface area contributed by atoms with E-state index in [9.17, 15) is 30.6 Å². The Labute approximate surface area is 296 Å². The average molecular weight is 711 g/mol. The second-order valence-corrected chi connectivity index (χ2v) is 18.3. The first-order valence-corrected chi connectivity index (χ1v) is 19.7. The van der Waals surface area contributed by atoms with Gasteiger partial charge in [-0.15, -0.1) is 0 Å². The van der Waals surface area contributed by atoms with E-state index in [1.165, 1.54) is 25.7 Å². The van der Waals surface area contributed by atoms with Crippen molar-refractivity contribution < 1.29 is 59.1 Å². The van der Waals surface area contributed by atoms with Crippen molar-refractivity contribution in [2.45, 2.75) is 165 Å². The van der Waals surface area contributed by atoms with Crippen molar-refractivity contribution in [3.8, 4) is 0 Å². The highest BCUT2D eigenvalue weighted by Crippen LogP contribution is 2.71. The van der Waals surface area contributed by atoms with Crippen LogP contribution in [0.15, 0.2) is 0 Å². The Balaban J connectivity index is 0.894. The number of hydrogen-bond donors (Lipinski definition) is 6. The maximum Gasteiger partial charge on any atom is 0.186 e. The van der Waals surface area contributed by atoms with Gasteiger partial charge in [-0.1, -0.05) is 27.7 Å². The van der Waals surface area contributed by atoms with Crippen molar-refractivity contribution in [3.05, 3.63) is 0 Å². The van der Waals surface area contributed by atoms with E-state index in [1.54, 1.807) is 0 Å². The van der Waals surface area contributed by atoms with Gasteiger partial charge in [-0.2, -0.15) is 0 Å². The molecule has 8 rings (SSSR count). The second kappa shape index (κ2) is 13.4. The SMILES string of the molecule is C[C@H]1CC[C@@]2(OC1)O[C@H]1CC3C4CCC5CC(O[C@@H]6O[C@H](CO)[C@@H](O[C@@H]7OC[C@@H](O)[C@H](O)[C@H]7O)[C@H](O)[C@H]6O)CC[C@]5(C)C4CC[C@]3(C)[C@H]1[C@@H]2C. The predicted molar refractivity (Wildman–Crippen MR) is 177 cm³/mol. The number of fused-ring (bicyclic) bond motifs is 7. The molecule has 21 atom stereocenters. The van der Waals surface area contributed by atoms with E-state index in [-0.39, 0.29) is 29.3 Å². The van der Waals surface area contributed by atoms with Crippen LogP contribution >= 0.6 is 0 Å². The van der Waals surface area contributed by atoms with Crippen LogP contribution in [-0.2, 0) is 28.4 Å². The van der Waals surface area contributed by atoms with E-state index >= 15 is 0 Å². The lowest BCUT2D eigenvalue weighted by Gasteiger charge is -2.61. The van der Waals surface area contributed by atoms with Crippen LogP contribution in [0.25, 0.3) is 0 Å². The molecule has 6 N–H and O–H groups in total. The molecule has 8 aliphatic rings. The lowest BCUT2D eigenvalue weighted by atomic mass is 9.44. The molecule has 50 heavy (non-hydrogen) atoms. The highest BCUT2D eigenvalue weighted by Gasteiger charge is 2.69. The number of hydrogen-bond acceptors (Lipinski definition) is 12. The zero-order valence-electron chi connectivity index (χ0n) is 30.2. The molecule has 1 spiro atoms. The van der Waals surface area contributed by atoms with Crippen LogP contribution in [-0.4, -0.2) is 124 Å². The normalized spacial score (nSPS) is 59.4. The zero-order chi connectivity index (χ0) is 35.3. The summed E-state index contributed by atoms with van der Waals surface area (Å²) in [6.07, 6.45) is -1.12. The van der Waals surface area contributed by atoms with Crippen LogP contribution in [0, 0.1) is 52.3 Å². The Kier molecular flexibility index (Phi) is 9.76. The largest absolute Gasteiger partial charge is 0.394 e. The van der Waals surface area contributed by atoms with Gasteiger partial charge in [0, 0.05) is 12.3 Å². The monoisotopic (exact) mass is 710 g/mol. The molecule has 4 saturated heterocycles. The lowest BCUT2D eigenvalue weighted by molar-refractivity contribution is -0.354. The molecule has 0 aromatic rings. The summed E-state index contributed by atoms with van der Waals surface area (Å²) in [5, 5.41) is 62.4. The fraction of sp³-hybridized carbons (Fsp3) is 1.00. The van der Waals surface area contributed by atoms with Gasteiger partial charge in [0.1, 0.15) is 42.7 Å². The van der Waals surface area contributed by atoms with Gasteiger partial charge in [-0.05, 0) is 104 Å². The molecule has 4 aliphatic heterocycles. The third-order valence-corrected chi connectivity index (χ3v) is 15.8. The van der Waals surface area contributed by atoms with Crippen molar-refractivity contribution in [2.75, 3.05) is 19.8 Å². The van der Waals surface area contributed by atoms with E-state index < -0.39 is 61.9 Å². The fourth-order valence-corrected chi connectivity index (χ4v) is 12.9. The minimum atomic E-state index is -1.58. The minimum absolute atomic E-state index is 0.156. The van der Waals surface area contributed by atoms with Crippen molar-refractivity contribution in [3.63, 3.8) is 0 Å². The summed E-state index contributed by atoms with van der Waals surface area (Å²) in [7, 11) is 0. The molecular formula is C38H62O12. The molecule has 286 valence electrons. The summed E-state index contributed by atoms with van der Waals surface area (Å²) in [4.78, 5) is 0. The smallest absolute Gasteiger partial charge is 0.186 e. The summed E-state index contributed by atoms with van der Waals surface area (Å²) < 4.78 is 36.9. The maximum absolute atomic E-state index is 11.1. The number of aliphatic hydroxyl groups is 6. The molecule has 4 heterocycles. The first-order valence-electron chi connectivity index (χ1n) is 19.7. The molecule has 4 aliphatic carbocycles. The summed E-state index contributed by atoms with van der Waals surface area (Å²) in [5.74, 6) is 3.74. The van der Waals surface area contributed by atoms with Crippen molar-refractivity contribution in [2.24, 2.45) is 52.3 Å². The Bertz CT molecular complexity index is 1210. The quantitative estimate of drug-likeness (QED) is 0.230. The van der Waals surface area contributed by atoms with Crippen LogP contribution in [0.4, 0.5) is 0 Å². The lowest BCUT2D eigenvalue weighted by Crippen LogP contribution is -2.63. The number of ether oxygens (including phenoxy) is 6. The molecule has 12 nitrogen and oxygen atoms in total. The second-order valence-electron chi connectivity index (χ2n) is 18.3. The van der Waals surface area contributed by atoms with Crippen LogP contribution in [0.3, 0.4) is 0 Å². The van der Waals surface area contributed by atoms with E-state index in [4.69, 9.17) is 28.4 Å². The summed E-state index contributed by atoms with van der Waals surface area (Å²) in [6.45, 7) is 9.79. The Morgan fingerprint density at radius 1 is 0.740 bits per heavy atom. The highest BCUT2D eigenvalue weighted by atomic mass is 16.7. The van der Waals surface area contributed by atoms with Crippen molar-refractivity contribution in [1.82, 2.24) is 0 Å². The molecule has 0 aromatic heterocycles. The summed E-state index contributed by atoms with van der Waals surface area (Å²) in [5.41, 5.74) is 0.502. The molecule has 5 unspecified atom stereocenters. The van der Waals surface area contributed by atoms with Crippen LogP contribution in [0.2, 0.25) is 0 Å². The predicted octanol–water partition coefficient (Wildman–Crippen LogP) is 2.08.